The first kappa shape index (κ1) is 11.0. The van der Waals surface area contributed by atoms with Gasteiger partial charge in [-0.05, 0) is 24.8 Å². The molecule has 1 aromatic heterocycles. The molecule has 2 N–H and O–H groups in total. The van der Waals surface area contributed by atoms with Gasteiger partial charge >= 0.3 is 0 Å². The number of nitrogens with two attached hydrogens (primary N) is 1. The summed E-state index contributed by atoms with van der Waals surface area (Å²) in [5, 5.41) is 0.249. The highest BCUT2D eigenvalue weighted by Crippen LogP contribution is 2.33. The molecule has 1 saturated carbocycles. The molecule has 1 heterocycles. The highest BCUT2D eigenvalue weighted by atomic mass is 35.5. The van der Waals surface area contributed by atoms with Crippen LogP contribution >= 0.6 is 11.6 Å². The third kappa shape index (κ3) is 2.15. The maximum atomic E-state index is 13.1. The van der Waals surface area contributed by atoms with Gasteiger partial charge in [-0.2, -0.15) is 0 Å². The topological polar surface area (TPSA) is 52.0 Å². The van der Waals surface area contributed by atoms with E-state index in [2.05, 4.69) is 4.98 Å². The molecule has 0 spiro atoms. The molecule has 1 aliphatic rings. The average Bonchev–Trinajstić information content (AvgIpc) is 3.01. The van der Waals surface area contributed by atoms with Gasteiger partial charge in [0.1, 0.15) is 11.3 Å². The Morgan fingerprint density at radius 1 is 1.53 bits per heavy atom. The normalized spacial score (nSPS) is 17.6. The summed E-state index contributed by atoms with van der Waals surface area (Å²) < 4.78 is 18.6. The van der Waals surface area contributed by atoms with Gasteiger partial charge in [-0.3, -0.25) is 0 Å². The Bertz CT molecular complexity index is 565. The first-order chi connectivity index (χ1) is 8.13. The zero-order valence-corrected chi connectivity index (χ0v) is 9.88. The Morgan fingerprint density at radius 2 is 2.29 bits per heavy atom. The Balaban J connectivity index is 1.92. The predicted molar refractivity (Wildman–Crippen MR) is 63.4 cm³/mol. The van der Waals surface area contributed by atoms with E-state index in [1.54, 1.807) is 0 Å². The van der Waals surface area contributed by atoms with E-state index in [0.29, 0.717) is 29.3 Å². The van der Waals surface area contributed by atoms with Crippen molar-refractivity contribution in [3.63, 3.8) is 0 Å². The minimum Gasteiger partial charge on any atom is -0.439 e. The van der Waals surface area contributed by atoms with E-state index in [9.17, 15) is 4.39 Å². The number of oxazole rings is 1. The number of hydrogen-bond donors (Lipinski definition) is 1. The van der Waals surface area contributed by atoms with Gasteiger partial charge in [-0.1, -0.05) is 11.6 Å². The van der Waals surface area contributed by atoms with Gasteiger partial charge in [0.05, 0.1) is 5.02 Å². The van der Waals surface area contributed by atoms with Crippen LogP contribution in [0, 0.1) is 11.7 Å². The number of nitrogens with zero attached hydrogens (tertiary/aromatic N) is 1. The van der Waals surface area contributed by atoms with Crippen LogP contribution in [-0.4, -0.2) is 11.0 Å². The molecule has 90 valence electrons. The summed E-state index contributed by atoms with van der Waals surface area (Å²) >= 11 is 5.88. The fourth-order valence-electron chi connectivity index (χ4n) is 1.99. The molecule has 0 saturated heterocycles. The van der Waals surface area contributed by atoms with Crippen LogP contribution in [0.4, 0.5) is 4.39 Å². The molecule has 1 aliphatic carbocycles. The van der Waals surface area contributed by atoms with Gasteiger partial charge in [-0.25, -0.2) is 9.37 Å². The lowest BCUT2D eigenvalue weighted by atomic mass is 10.1. The van der Waals surface area contributed by atoms with Crippen LogP contribution in [0.15, 0.2) is 16.5 Å². The second kappa shape index (κ2) is 3.96. The lowest BCUT2D eigenvalue weighted by Crippen LogP contribution is -2.25. The molecule has 5 heteroatoms. The minimum absolute atomic E-state index is 0.0756. The van der Waals surface area contributed by atoms with E-state index in [0.717, 1.165) is 0 Å². The maximum absolute atomic E-state index is 13.1. The Labute approximate surface area is 103 Å². The standard InChI is InChI=1S/C12H12ClFN2O/c13-8-3-7(14)4-10-12(8)17-11(16-10)5-9(15)6-1-2-6/h3-4,6,9H,1-2,5,15H2. The average molecular weight is 255 g/mol. The summed E-state index contributed by atoms with van der Waals surface area (Å²) in [6, 6.07) is 2.61. The molecule has 1 aromatic carbocycles. The molecule has 3 nitrogen and oxygen atoms in total. The summed E-state index contributed by atoms with van der Waals surface area (Å²) in [6.07, 6.45) is 2.94. The number of halogens is 2. The fraction of sp³-hybridized carbons (Fsp3) is 0.417. The van der Waals surface area contributed by atoms with E-state index >= 15 is 0 Å². The first-order valence-electron chi connectivity index (χ1n) is 5.63. The Kier molecular flexibility index (Phi) is 2.56. The molecular weight excluding hydrogens is 243 g/mol. The third-order valence-electron chi connectivity index (χ3n) is 3.09. The summed E-state index contributed by atoms with van der Waals surface area (Å²) in [6.45, 7) is 0. The summed E-state index contributed by atoms with van der Waals surface area (Å²) in [7, 11) is 0. The van der Waals surface area contributed by atoms with Crippen LogP contribution in [0.5, 0.6) is 0 Å². The lowest BCUT2D eigenvalue weighted by Gasteiger charge is -2.05. The van der Waals surface area contributed by atoms with Gasteiger partial charge < -0.3 is 10.2 Å². The molecule has 1 unspecified atom stereocenters. The number of aromatic nitrogens is 1. The molecule has 1 fully saturated rings. The van der Waals surface area contributed by atoms with Gasteiger partial charge in [0.15, 0.2) is 11.5 Å². The van der Waals surface area contributed by atoms with Crippen LogP contribution in [0.1, 0.15) is 18.7 Å². The van der Waals surface area contributed by atoms with E-state index in [-0.39, 0.29) is 11.1 Å². The zero-order valence-electron chi connectivity index (χ0n) is 9.12. The van der Waals surface area contributed by atoms with Gasteiger partial charge in [0, 0.05) is 18.5 Å². The van der Waals surface area contributed by atoms with Crippen molar-refractivity contribution in [2.45, 2.75) is 25.3 Å². The monoisotopic (exact) mass is 254 g/mol. The largest absolute Gasteiger partial charge is 0.439 e. The summed E-state index contributed by atoms with van der Waals surface area (Å²) in [5.74, 6) is 0.706. The Morgan fingerprint density at radius 3 is 3.00 bits per heavy atom. The Hall–Kier alpha value is -1.13. The van der Waals surface area contributed by atoms with Crippen LogP contribution in [0.3, 0.4) is 0 Å². The number of fused-ring (bicyclic) bond motifs is 1. The molecule has 0 bridgehead atoms. The fourth-order valence-corrected chi connectivity index (χ4v) is 2.23. The van der Waals surface area contributed by atoms with Crippen molar-refractivity contribution >= 4 is 22.7 Å². The van der Waals surface area contributed by atoms with Crippen molar-refractivity contribution in [3.05, 3.63) is 28.9 Å². The molecule has 0 radical (unpaired) electrons. The molecule has 2 aromatic rings. The molecule has 0 aliphatic heterocycles. The molecule has 0 amide bonds. The number of rotatable bonds is 3. The van der Waals surface area contributed by atoms with E-state index in [1.807, 2.05) is 0 Å². The smallest absolute Gasteiger partial charge is 0.197 e. The lowest BCUT2D eigenvalue weighted by molar-refractivity contribution is 0.475. The summed E-state index contributed by atoms with van der Waals surface area (Å²) in [5.41, 5.74) is 6.88. The molecule has 17 heavy (non-hydrogen) atoms. The van der Waals surface area contributed by atoms with Gasteiger partial charge in [0.25, 0.3) is 0 Å². The zero-order chi connectivity index (χ0) is 12.0. The third-order valence-corrected chi connectivity index (χ3v) is 3.37. The van der Waals surface area contributed by atoms with Crippen molar-refractivity contribution in [3.8, 4) is 0 Å². The van der Waals surface area contributed by atoms with E-state index < -0.39 is 5.82 Å². The highest BCUT2D eigenvalue weighted by molar-refractivity contribution is 6.34. The highest BCUT2D eigenvalue weighted by Gasteiger charge is 2.29. The van der Waals surface area contributed by atoms with Crippen LogP contribution in [0.25, 0.3) is 11.1 Å². The quantitative estimate of drug-likeness (QED) is 0.916. The van der Waals surface area contributed by atoms with E-state index in [4.69, 9.17) is 21.8 Å². The van der Waals surface area contributed by atoms with E-state index in [1.165, 1.54) is 25.0 Å². The maximum Gasteiger partial charge on any atom is 0.197 e. The van der Waals surface area contributed by atoms with Crippen LogP contribution in [0.2, 0.25) is 5.02 Å². The minimum atomic E-state index is -0.408. The predicted octanol–water partition coefficient (Wildman–Crippen LogP) is 2.90. The molecule has 1 atom stereocenters. The van der Waals surface area contributed by atoms with Gasteiger partial charge in [0.2, 0.25) is 0 Å². The van der Waals surface area contributed by atoms with Crippen LogP contribution < -0.4 is 5.73 Å². The molecular formula is C12H12ClFN2O. The number of hydrogen-bond acceptors (Lipinski definition) is 3. The SMILES string of the molecule is NC(Cc1nc2cc(F)cc(Cl)c2o1)C1CC1. The van der Waals surface area contributed by atoms with Crippen molar-refractivity contribution < 1.29 is 8.81 Å². The van der Waals surface area contributed by atoms with Gasteiger partial charge in [-0.15, -0.1) is 0 Å². The van der Waals surface area contributed by atoms with Crippen molar-refractivity contribution in [2.75, 3.05) is 0 Å². The van der Waals surface area contributed by atoms with Crippen molar-refractivity contribution in [1.29, 1.82) is 0 Å². The van der Waals surface area contributed by atoms with Crippen molar-refractivity contribution in [2.24, 2.45) is 11.7 Å². The van der Waals surface area contributed by atoms with Crippen LogP contribution in [-0.2, 0) is 6.42 Å². The van der Waals surface area contributed by atoms with Crippen molar-refractivity contribution in [1.82, 2.24) is 4.98 Å². The second-order valence-corrected chi connectivity index (χ2v) is 4.96. The second-order valence-electron chi connectivity index (χ2n) is 4.55. The first-order valence-corrected chi connectivity index (χ1v) is 6.01. The molecule has 3 rings (SSSR count). The number of benzene rings is 1. The summed E-state index contributed by atoms with van der Waals surface area (Å²) in [4.78, 5) is 4.21.